The summed E-state index contributed by atoms with van der Waals surface area (Å²) in [5, 5.41) is 12.5. The molecule has 2 aromatic rings. The summed E-state index contributed by atoms with van der Waals surface area (Å²) < 4.78 is 0. The lowest BCUT2D eigenvalue weighted by molar-refractivity contribution is -0.117. The minimum atomic E-state index is -0.0849. The number of H-pyrrole nitrogens is 1. The van der Waals surface area contributed by atoms with E-state index < -0.39 is 0 Å². The van der Waals surface area contributed by atoms with Gasteiger partial charge in [-0.25, -0.2) is 4.98 Å². The molecule has 0 fully saturated rings. The molecule has 8 heteroatoms. The van der Waals surface area contributed by atoms with Crippen LogP contribution >= 0.6 is 11.3 Å². The van der Waals surface area contributed by atoms with E-state index in [9.17, 15) is 4.79 Å². The number of nitrogens with one attached hydrogen (secondary N) is 2. The largest absolute Gasteiger partial charge is 0.347 e. The minimum Gasteiger partial charge on any atom is -0.347 e. The van der Waals surface area contributed by atoms with Crippen molar-refractivity contribution < 1.29 is 4.79 Å². The van der Waals surface area contributed by atoms with Crippen molar-refractivity contribution in [2.24, 2.45) is 0 Å². The third-order valence-corrected chi connectivity index (χ3v) is 4.01. The molecule has 22 heavy (non-hydrogen) atoms. The number of hydrogen-bond acceptors (Lipinski definition) is 6. The van der Waals surface area contributed by atoms with Crippen LogP contribution in [-0.2, 0) is 17.8 Å². The number of amides is 1. The van der Waals surface area contributed by atoms with E-state index in [-0.39, 0.29) is 5.91 Å². The maximum absolute atomic E-state index is 12.0. The lowest BCUT2D eigenvalue weighted by Gasteiger charge is -2.14. The van der Waals surface area contributed by atoms with Gasteiger partial charge >= 0.3 is 0 Å². The average Bonchev–Trinajstić information content (AvgIpc) is 3.11. The Balaban J connectivity index is 1.74. The average molecular weight is 322 g/mol. The second-order valence-electron chi connectivity index (χ2n) is 5.26. The van der Waals surface area contributed by atoms with Crippen molar-refractivity contribution in [2.45, 2.75) is 39.2 Å². The second-order valence-corrected chi connectivity index (χ2v) is 6.32. The van der Waals surface area contributed by atoms with E-state index in [2.05, 4.69) is 32.4 Å². The number of aromatic amines is 1. The Bertz CT molecular complexity index is 568. The molecule has 0 radical (unpaired) electrons. The highest BCUT2D eigenvalue weighted by Gasteiger charge is 2.11. The molecular weight excluding hydrogens is 300 g/mol. The molecular formula is C14H22N6OS. The maximum atomic E-state index is 12.0. The Morgan fingerprint density at radius 2 is 2.27 bits per heavy atom. The van der Waals surface area contributed by atoms with Crippen molar-refractivity contribution in [3.05, 3.63) is 23.2 Å². The van der Waals surface area contributed by atoms with Crippen LogP contribution < -0.4 is 5.32 Å². The number of nitrogens with zero attached hydrogens (tertiary/aromatic N) is 4. The van der Waals surface area contributed by atoms with E-state index in [4.69, 9.17) is 0 Å². The van der Waals surface area contributed by atoms with Crippen molar-refractivity contribution >= 4 is 22.4 Å². The number of imidazole rings is 1. The standard InChI is InChI=1S/C14H22N6OS/c1-3-4-5-6-13-18-19-14(22-13)17-12(21)9-20(2)8-11-7-15-10-16-11/h7,10H,3-6,8-9H2,1-2H3,(H,15,16)(H,17,19,21). The first kappa shape index (κ1) is 16.6. The van der Waals surface area contributed by atoms with Gasteiger partial charge in [0.2, 0.25) is 11.0 Å². The molecule has 0 aliphatic rings. The van der Waals surface area contributed by atoms with Gasteiger partial charge in [0.15, 0.2) is 0 Å². The van der Waals surface area contributed by atoms with E-state index in [0.29, 0.717) is 18.2 Å². The molecule has 0 bridgehead atoms. The Labute approximate surface area is 134 Å². The normalized spacial score (nSPS) is 11.0. The van der Waals surface area contributed by atoms with Crippen LogP contribution in [0.3, 0.4) is 0 Å². The summed E-state index contributed by atoms with van der Waals surface area (Å²) in [7, 11) is 1.89. The van der Waals surface area contributed by atoms with Crippen LogP contribution in [0, 0.1) is 0 Å². The van der Waals surface area contributed by atoms with E-state index in [1.807, 2.05) is 11.9 Å². The van der Waals surface area contributed by atoms with Crippen LogP contribution in [0.15, 0.2) is 12.5 Å². The Morgan fingerprint density at radius 1 is 1.41 bits per heavy atom. The second kappa shape index (κ2) is 8.60. The number of unbranched alkanes of at least 4 members (excludes halogenated alkanes) is 2. The van der Waals surface area contributed by atoms with Gasteiger partial charge in [0.05, 0.1) is 12.9 Å². The SMILES string of the molecule is CCCCCc1nnc(NC(=O)CN(C)Cc2cnc[nH]2)s1. The molecule has 1 amide bonds. The van der Waals surface area contributed by atoms with Gasteiger partial charge in [0.1, 0.15) is 5.01 Å². The molecule has 0 aliphatic carbocycles. The quantitative estimate of drug-likeness (QED) is 0.690. The third kappa shape index (κ3) is 5.53. The van der Waals surface area contributed by atoms with Crippen LogP contribution in [0.4, 0.5) is 5.13 Å². The van der Waals surface area contributed by atoms with Gasteiger partial charge < -0.3 is 4.98 Å². The summed E-state index contributed by atoms with van der Waals surface area (Å²) in [6.07, 6.45) is 7.81. The first-order valence-electron chi connectivity index (χ1n) is 7.45. The van der Waals surface area contributed by atoms with E-state index in [1.165, 1.54) is 24.2 Å². The molecule has 0 aliphatic heterocycles. The smallest absolute Gasteiger partial charge is 0.240 e. The number of carbonyl (C=O) groups excluding carboxylic acids is 1. The van der Waals surface area contributed by atoms with Crippen molar-refractivity contribution in [1.82, 2.24) is 25.1 Å². The molecule has 0 unspecified atom stereocenters. The number of likely N-dealkylation sites (N-methyl/N-ethyl adjacent to an activating group) is 1. The molecule has 0 aromatic carbocycles. The van der Waals surface area contributed by atoms with Gasteiger partial charge in [0.25, 0.3) is 0 Å². The van der Waals surface area contributed by atoms with Crippen molar-refractivity contribution in [2.75, 3.05) is 18.9 Å². The molecule has 2 N–H and O–H groups in total. The number of anilines is 1. The van der Waals surface area contributed by atoms with Crippen LogP contribution in [0.1, 0.15) is 36.9 Å². The Hall–Kier alpha value is -1.80. The first-order valence-corrected chi connectivity index (χ1v) is 8.27. The fourth-order valence-electron chi connectivity index (χ4n) is 2.05. The van der Waals surface area contributed by atoms with Crippen LogP contribution in [0.5, 0.6) is 0 Å². The zero-order valence-corrected chi connectivity index (χ0v) is 13.8. The molecule has 0 atom stereocenters. The molecule has 0 spiro atoms. The number of aryl methyl sites for hydroxylation is 1. The fraction of sp³-hybridized carbons (Fsp3) is 0.571. The lowest BCUT2D eigenvalue weighted by atomic mass is 10.2. The predicted molar refractivity (Wildman–Crippen MR) is 86.7 cm³/mol. The number of aromatic nitrogens is 4. The summed E-state index contributed by atoms with van der Waals surface area (Å²) in [4.78, 5) is 20.9. The highest BCUT2D eigenvalue weighted by atomic mass is 32.1. The van der Waals surface area contributed by atoms with E-state index in [0.717, 1.165) is 23.5 Å². The Morgan fingerprint density at radius 3 is 3.00 bits per heavy atom. The first-order chi connectivity index (χ1) is 10.7. The van der Waals surface area contributed by atoms with Crippen molar-refractivity contribution in [3.63, 3.8) is 0 Å². The summed E-state index contributed by atoms with van der Waals surface area (Å²) in [6, 6.07) is 0. The van der Waals surface area contributed by atoms with Crippen LogP contribution in [0.2, 0.25) is 0 Å². The topological polar surface area (TPSA) is 86.8 Å². The zero-order chi connectivity index (χ0) is 15.8. The van der Waals surface area contributed by atoms with Gasteiger partial charge in [0, 0.05) is 24.9 Å². The Kier molecular flexibility index (Phi) is 6.47. The van der Waals surface area contributed by atoms with E-state index >= 15 is 0 Å². The molecule has 0 saturated carbocycles. The molecule has 7 nitrogen and oxygen atoms in total. The number of hydrogen-bond donors (Lipinski definition) is 2. The van der Waals surface area contributed by atoms with E-state index in [1.54, 1.807) is 12.5 Å². The monoisotopic (exact) mass is 322 g/mol. The van der Waals surface area contributed by atoms with Gasteiger partial charge in [-0.15, -0.1) is 10.2 Å². The summed E-state index contributed by atoms with van der Waals surface area (Å²) >= 11 is 1.46. The van der Waals surface area contributed by atoms with Gasteiger partial charge in [-0.3, -0.25) is 15.0 Å². The van der Waals surface area contributed by atoms with Crippen molar-refractivity contribution in [3.8, 4) is 0 Å². The van der Waals surface area contributed by atoms with Gasteiger partial charge in [-0.2, -0.15) is 0 Å². The molecule has 2 heterocycles. The highest BCUT2D eigenvalue weighted by molar-refractivity contribution is 7.15. The maximum Gasteiger partial charge on any atom is 0.240 e. The predicted octanol–water partition coefficient (Wildman–Crippen LogP) is 2.06. The third-order valence-electron chi connectivity index (χ3n) is 3.12. The fourth-order valence-corrected chi connectivity index (χ4v) is 2.85. The zero-order valence-electron chi connectivity index (χ0n) is 13.0. The van der Waals surface area contributed by atoms with Crippen LogP contribution in [0.25, 0.3) is 0 Å². The number of carbonyl (C=O) groups is 1. The van der Waals surface area contributed by atoms with Crippen LogP contribution in [-0.4, -0.2) is 44.6 Å². The molecule has 2 aromatic heterocycles. The molecule has 2 rings (SSSR count). The van der Waals surface area contributed by atoms with Crippen molar-refractivity contribution in [1.29, 1.82) is 0 Å². The summed E-state index contributed by atoms with van der Waals surface area (Å²) in [6.45, 7) is 3.11. The molecule has 0 saturated heterocycles. The summed E-state index contributed by atoms with van der Waals surface area (Å²) in [5.41, 5.74) is 0.976. The number of rotatable bonds is 9. The highest BCUT2D eigenvalue weighted by Crippen LogP contribution is 2.17. The lowest BCUT2D eigenvalue weighted by Crippen LogP contribution is -2.29. The van der Waals surface area contributed by atoms with Gasteiger partial charge in [-0.1, -0.05) is 31.1 Å². The minimum absolute atomic E-state index is 0.0849. The molecule has 120 valence electrons. The van der Waals surface area contributed by atoms with Gasteiger partial charge in [-0.05, 0) is 13.5 Å². The summed E-state index contributed by atoms with van der Waals surface area (Å²) in [5.74, 6) is -0.0849.